The van der Waals surface area contributed by atoms with Gasteiger partial charge in [-0.05, 0) is 44.9 Å². The third-order valence-electron chi connectivity index (χ3n) is 4.50. The number of carboxylic acids is 1. The Bertz CT molecular complexity index is 374. The lowest BCUT2D eigenvalue weighted by atomic mass is 9.84. The Morgan fingerprint density at radius 3 is 2.70 bits per heavy atom. The van der Waals surface area contributed by atoms with Crippen LogP contribution >= 0.6 is 0 Å². The van der Waals surface area contributed by atoms with Gasteiger partial charge in [0, 0.05) is 19.2 Å². The molecule has 6 heteroatoms. The number of ether oxygens (including phenoxy) is 1. The first-order valence-electron chi connectivity index (χ1n) is 7.41. The van der Waals surface area contributed by atoms with Crippen LogP contribution in [0.4, 0.5) is 4.79 Å². The predicted molar refractivity (Wildman–Crippen MR) is 73.4 cm³/mol. The molecule has 0 heterocycles. The van der Waals surface area contributed by atoms with E-state index in [-0.39, 0.29) is 24.1 Å². The van der Waals surface area contributed by atoms with Crippen LogP contribution < -0.4 is 10.6 Å². The second-order valence-electron chi connectivity index (χ2n) is 5.84. The van der Waals surface area contributed by atoms with Crippen LogP contribution in [0.2, 0.25) is 0 Å². The smallest absolute Gasteiger partial charge is 0.315 e. The molecule has 5 atom stereocenters. The van der Waals surface area contributed by atoms with E-state index < -0.39 is 11.9 Å². The fourth-order valence-corrected chi connectivity index (χ4v) is 3.64. The van der Waals surface area contributed by atoms with E-state index in [2.05, 4.69) is 10.6 Å². The molecule has 3 N–H and O–H groups in total. The highest BCUT2D eigenvalue weighted by Gasteiger charge is 2.51. The molecular formula is C14H24N2O4. The first kappa shape index (κ1) is 15.1. The maximum Gasteiger partial charge on any atom is 0.315 e. The molecule has 2 amide bonds. The van der Waals surface area contributed by atoms with E-state index in [0.29, 0.717) is 19.1 Å². The highest BCUT2D eigenvalue weighted by Crippen LogP contribution is 2.48. The van der Waals surface area contributed by atoms with Crippen LogP contribution in [0.3, 0.4) is 0 Å². The molecule has 0 saturated heterocycles. The van der Waals surface area contributed by atoms with Crippen molar-refractivity contribution in [3.05, 3.63) is 0 Å². The van der Waals surface area contributed by atoms with Gasteiger partial charge in [0.2, 0.25) is 0 Å². The molecule has 2 aliphatic carbocycles. The fraction of sp³-hybridized carbons (Fsp3) is 0.857. The van der Waals surface area contributed by atoms with Crippen molar-refractivity contribution in [3.8, 4) is 0 Å². The predicted octanol–water partition coefficient (Wildman–Crippen LogP) is 1.21. The average molecular weight is 284 g/mol. The number of hydrogen-bond acceptors (Lipinski definition) is 3. The lowest BCUT2D eigenvalue weighted by Gasteiger charge is -2.29. The number of rotatable bonds is 6. The monoisotopic (exact) mass is 284 g/mol. The van der Waals surface area contributed by atoms with Crippen molar-refractivity contribution >= 4 is 12.0 Å². The Kier molecular flexibility index (Phi) is 4.86. The molecule has 0 aromatic heterocycles. The summed E-state index contributed by atoms with van der Waals surface area (Å²) < 4.78 is 5.33. The topological polar surface area (TPSA) is 87.7 Å². The standard InChI is InChI=1S/C14H24N2O4/c1-3-20-8(2)7-15-14(19)16-12-10-5-4-9(6-10)11(12)13(17)18/h8-12H,3-7H2,1-2H3,(H,17,18)(H2,15,16,19). The molecule has 0 aromatic rings. The van der Waals surface area contributed by atoms with Gasteiger partial charge in [0.15, 0.2) is 0 Å². The largest absolute Gasteiger partial charge is 0.481 e. The summed E-state index contributed by atoms with van der Waals surface area (Å²) in [7, 11) is 0. The zero-order valence-electron chi connectivity index (χ0n) is 12.1. The van der Waals surface area contributed by atoms with E-state index in [4.69, 9.17) is 4.74 Å². The van der Waals surface area contributed by atoms with Gasteiger partial charge in [-0.25, -0.2) is 4.79 Å². The number of nitrogens with one attached hydrogen (secondary N) is 2. The molecule has 0 spiro atoms. The van der Waals surface area contributed by atoms with Crippen molar-refractivity contribution in [2.75, 3.05) is 13.2 Å². The Morgan fingerprint density at radius 2 is 2.05 bits per heavy atom. The van der Waals surface area contributed by atoms with Gasteiger partial charge in [0.25, 0.3) is 0 Å². The second-order valence-corrected chi connectivity index (χ2v) is 5.84. The summed E-state index contributed by atoms with van der Waals surface area (Å²) in [6.07, 6.45) is 2.88. The molecule has 20 heavy (non-hydrogen) atoms. The number of carbonyl (C=O) groups excluding carboxylic acids is 1. The van der Waals surface area contributed by atoms with Gasteiger partial charge in [-0.15, -0.1) is 0 Å². The van der Waals surface area contributed by atoms with Gasteiger partial charge in [-0.1, -0.05) is 0 Å². The first-order chi connectivity index (χ1) is 9.52. The molecule has 5 unspecified atom stereocenters. The number of hydrogen-bond donors (Lipinski definition) is 3. The molecule has 2 bridgehead atoms. The highest BCUT2D eigenvalue weighted by molar-refractivity contribution is 5.77. The molecule has 2 aliphatic rings. The van der Waals surface area contributed by atoms with E-state index in [1.165, 1.54) is 0 Å². The van der Waals surface area contributed by atoms with E-state index in [0.717, 1.165) is 19.3 Å². The molecule has 2 fully saturated rings. The van der Waals surface area contributed by atoms with E-state index in [1.807, 2.05) is 13.8 Å². The SMILES string of the molecule is CCOC(C)CNC(=O)NC1C2CCC(C2)C1C(=O)O. The van der Waals surface area contributed by atoms with Crippen LogP contribution in [-0.2, 0) is 9.53 Å². The Balaban J connectivity index is 1.83. The maximum absolute atomic E-state index is 11.9. The number of amides is 2. The summed E-state index contributed by atoms with van der Waals surface area (Å²) in [6.45, 7) is 4.83. The van der Waals surface area contributed by atoms with E-state index in [1.54, 1.807) is 0 Å². The van der Waals surface area contributed by atoms with Crippen molar-refractivity contribution < 1.29 is 19.4 Å². The van der Waals surface area contributed by atoms with Crippen molar-refractivity contribution in [2.45, 2.75) is 45.3 Å². The van der Waals surface area contributed by atoms with Crippen LogP contribution in [0.5, 0.6) is 0 Å². The van der Waals surface area contributed by atoms with Gasteiger partial charge in [-0.2, -0.15) is 0 Å². The Morgan fingerprint density at radius 1 is 1.35 bits per heavy atom. The molecular weight excluding hydrogens is 260 g/mol. The molecule has 0 aliphatic heterocycles. The van der Waals surface area contributed by atoms with Gasteiger partial charge in [0.1, 0.15) is 0 Å². The summed E-state index contributed by atoms with van der Waals surface area (Å²) in [5.41, 5.74) is 0. The van der Waals surface area contributed by atoms with Gasteiger partial charge in [-0.3, -0.25) is 4.79 Å². The Labute approximate surface area is 119 Å². The molecule has 114 valence electrons. The lowest BCUT2D eigenvalue weighted by molar-refractivity contribution is -0.144. The fourth-order valence-electron chi connectivity index (χ4n) is 3.64. The van der Waals surface area contributed by atoms with Crippen molar-refractivity contribution in [2.24, 2.45) is 17.8 Å². The van der Waals surface area contributed by atoms with Crippen LogP contribution in [-0.4, -0.2) is 42.4 Å². The third kappa shape index (κ3) is 3.23. The summed E-state index contributed by atoms with van der Waals surface area (Å²) in [5.74, 6) is -0.671. The molecule has 2 saturated carbocycles. The number of carbonyl (C=O) groups is 2. The van der Waals surface area contributed by atoms with Crippen molar-refractivity contribution in [1.82, 2.24) is 10.6 Å². The maximum atomic E-state index is 11.9. The number of aliphatic carboxylic acids is 1. The quantitative estimate of drug-likeness (QED) is 0.684. The summed E-state index contributed by atoms with van der Waals surface area (Å²) in [4.78, 5) is 23.2. The van der Waals surface area contributed by atoms with Crippen LogP contribution in [0, 0.1) is 17.8 Å². The highest BCUT2D eigenvalue weighted by atomic mass is 16.5. The normalized spacial score (nSPS) is 32.9. The van der Waals surface area contributed by atoms with Crippen molar-refractivity contribution in [3.63, 3.8) is 0 Å². The average Bonchev–Trinajstić information content (AvgIpc) is 2.97. The zero-order valence-corrected chi connectivity index (χ0v) is 12.1. The van der Waals surface area contributed by atoms with E-state index in [9.17, 15) is 14.7 Å². The summed E-state index contributed by atoms with van der Waals surface area (Å²) in [6, 6.07) is -0.519. The molecule has 6 nitrogen and oxygen atoms in total. The molecule has 2 rings (SSSR count). The number of carboxylic acid groups (broad SMARTS) is 1. The third-order valence-corrected chi connectivity index (χ3v) is 4.50. The zero-order chi connectivity index (χ0) is 14.7. The number of urea groups is 1. The summed E-state index contributed by atoms with van der Waals surface area (Å²) >= 11 is 0. The van der Waals surface area contributed by atoms with Crippen LogP contribution in [0.15, 0.2) is 0 Å². The lowest BCUT2D eigenvalue weighted by Crippen LogP contribution is -2.51. The van der Waals surface area contributed by atoms with Gasteiger partial charge in [0.05, 0.1) is 12.0 Å². The number of fused-ring (bicyclic) bond motifs is 2. The van der Waals surface area contributed by atoms with Gasteiger partial charge >= 0.3 is 12.0 Å². The van der Waals surface area contributed by atoms with Gasteiger partial charge < -0.3 is 20.5 Å². The Hall–Kier alpha value is -1.30. The minimum atomic E-state index is -0.787. The van der Waals surface area contributed by atoms with E-state index >= 15 is 0 Å². The minimum Gasteiger partial charge on any atom is -0.481 e. The van der Waals surface area contributed by atoms with Crippen LogP contribution in [0.1, 0.15) is 33.1 Å². The minimum absolute atomic E-state index is 0.0407. The first-order valence-corrected chi connectivity index (χ1v) is 7.41. The molecule has 0 radical (unpaired) electrons. The summed E-state index contributed by atoms with van der Waals surface area (Å²) in [5, 5.41) is 14.9. The van der Waals surface area contributed by atoms with Crippen molar-refractivity contribution in [1.29, 1.82) is 0 Å². The van der Waals surface area contributed by atoms with Crippen LogP contribution in [0.25, 0.3) is 0 Å². The second kappa shape index (κ2) is 6.43. The molecule has 0 aromatic carbocycles.